The van der Waals surface area contributed by atoms with Gasteiger partial charge in [-0.15, -0.1) is 0 Å². The van der Waals surface area contributed by atoms with Crippen molar-refractivity contribution in [2.24, 2.45) is 0 Å². The lowest BCUT2D eigenvalue weighted by molar-refractivity contribution is -0.141. The predicted molar refractivity (Wildman–Crippen MR) is 84.4 cm³/mol. The summed E-state index contributed by atoms with van der Waals surface area (Å²) in [5.41, 5.74) is -0.0811. The van der Waals surface area contributed by atoms with Crippen LogP contribution in [-0.4, -0.2) is 30.8 Å². The summed E-state index contributed by atoms with van der Waals surface area (Å²) in [5, 5.41) is 0. The highest BCUT2D eigenvalue weighted by Gasteiger charge is 2.25. The van der Waals surface area contributed by atoms with E-state index in [1.54, 1.807) is 45.9 Å². The Hall–Kier alpha value is -1.56. The highest BCUT2D eigenvalue weighted by molar-refractivity contribution is 9.10. The highest BCUT2D eigenvalue weighted by atomic mass is 79.9. The van der Waals surface area contributed by atoms with E-state index >= 15 is 0 Å². The fourth-order valence-corrected chi connectivity index (χ4v) is 1.95. The lowest BCUT2D eigenvalue weighted by Crippen LogP contribution is -2.40. The molecule has 0 saturated heterocycles. The van der Waals surface area contributed by atoms with Crippen molar-refractivity contribution in [3.8, 4) is 0 Å². The molecule has 0 saturated carbocycles. The van der Waals surface area contributed by atoms with Crippen molar-refractivity contribution >= 4 is 33.7 Å². The third kappa shape index (κ3) is 6.16. The van der Waals surface area contributed by atoms with Crippen molar-refractivity contribution in [1.82, 2.24) is 0 Å². The summed E-state index contributed by atoms with van der Waals surface area (Å²) in [6.45, 7) is 7.10. The van der Waals surface area contributed by atoms with Crippen LogP contribution in [0.15, 0.2) is 28.7 Å². The summed E-state index contributed by atoms with van der Waals surface area (Å²) < 4.78 is 11.0. The van der Waals surface area contributed by atoms with Gasteiger partial charge in [0.1, 0.15) is 12.1 Å². The van der Waals surface area contributed by atoms with Gasteiger partial charge in [-0.25, -0.2) is 4.79 Å². The minimum Gasteiger partial charge on any atom is -0.465 e. The number of nitrogens with zero attached hydrogens (tertiary/aromatic N) is 1. The van der Waals surface area contributed by atoms with E-state index in [0.29, 0.717) is 5.69 Å². The quantitative estimate of drug-likeness (QED) is 0.770. The zero-order valence-electron chi connectivity index (χ0n) is 12.7. The Labute approximate surface area is 133 Å². The van der Waals surface area contributed by atoms with E-state index in [2.05, 4.69) is 15.9 Å². The second-order valence-electron chi connectivity index (χ2n) is 5.35. The summed E-state index contributed by atoms with van der Waals surface area (Å²) in [6, 6.07) is 7.08. The van der Waals surface area contributed by atoms with Crippen LogP contribution in [0.3, 0.4) is 0 Å². The Morgan fingerprint density at radius 3 is 2.48 bits per heavy atom. The van der Waals surface area contributed by atoms with E-state index in [0.717, 1.165) is 4.47 Å². The first-order valence-corrected chi connectivity index (χ1v) is 7.44. The Kier molecular flexibility index (Phi) is 6.20. The molecule has 0 aromatic heterocycles. The molecule has 21 heavy (non-hydrogen) atoms. The summed E-state index contributed by atoms with van der Waals surface area (Å²) in [4.78, 5) is 25.2. The van der Waals surface area contributed by atoms with Gasteiger partial charge in [0, 0.05) is 10.2 Å². The van der Waals surface area contributed by atoms with Crippen molar-refractivity contribution in [1.29, 1.82) is 0 Å². The maximum atomic E-state index is 12.3. The van der Waals surface area contributed by atoms with Gasteiger partial charge in [-0.1, -0.05) is 22.0 Å². The van der Waals surface area contributed by atoms with Gasteiger partial charge in [0.2, 0.25) is 0 Å². The molecule has 1 aromatic rings. The Morgan fingerprint density at radius 2 is 1.95 bits per heavy atom. The predicted octanol–water partition coefficient (Wildman–Crippen LogP) is 3.75. The molecule has 0 bridgehead atoms. The first-order valence-electron chi connectivity index (χ1n) is 6.64. The molecule has 0 N–H and O–H groups in total. The van der Waals surface area contributed by atoms with Gasteiger partial charge in [-0.2, -0.15) is 0 Å². The number of halogens is 1. The van der Waals surface area contributed by atoms with Crippen molar-refractivity contribution < 1.29 is 19.1 Å². The fourth-order valence-electron chi connectivity index (χ4n) is 1.56. The number of benzene rings is 1. The number of carbonyl (C=O) groups excluding carboxylic acids is 2. The molecule has 0 aliphatic rings. The van der Waals surface area contributed by atoms with Gasteiger partial charge in [0.25, 0.3) is 0 Å². The molecule has 0 atom stereocenters. The summed E-state index contributed by atoms with van der Waals surface area (Å²) in [7, 11) is 0. The lowest BCUT2D eigenvalue weighted by atomic mass is 10.2. The molecule has 5 nitrogen and oxygen atoms in total. The largest absolute Gasteiger partial charge is 0.465 e. The Morgan fingerprint density at radius 1 is 1.29 bits per heavy atom. The van der Waals surface area contributed by atoms with E-state index in [1.807, 2.05) is 6.07 Å². The maximum Gasteiger partial charge on any atom is 0.415 e. The minimum absolute atomic E-state index is 0.195. The number of amides is 1. The highest BCUT2D eigenvalue weighted by Crippen LogP contribution is 2.22. The number of hydrogen-bond acceptors (Lipinski definition) is 4. The zero-order chi connectivity index (χ0) is 16.0. The van der Waals surface area contributed by atoms with Crippen LogP contribution in [0, 0.1) is 0 Å². The van der Waals surface area contributed by atoms with E-state index in [1.165, 1.54) is 4.90 Å². The SMILES string of the molecule is CCOC(=O)CN(C(=O)OC(C)(C)C)c1cccc(Br)c1. The van der Waals surface area contributed by atoms with Gasteiger partial charge < -0.3 is 9.47 Å². The van der Waals surface area contributed by atoms with Gasteiger partial charge >= 0.3 is 12.1 Å². The topological polar surface area (TPSA) is 55.8 Å². The van der Waals surface area contributed by atoms with Crippen LogP contribution in [0.4, 0.5) is 10.5 Å². The molecular formula is C15H20BrNO4. The van der Waals surface area contributed by atoms with Crippen LogP contribution < -0.4 is 4.90 Å². The molecule has 0 aliphatic heterocycles. The van der Waals surface area contributed by atoms with E-state index in [4.69, 9.17) is 9.47 Å². The number of anilines is 1. The Bertz CT molecular complexity index is 511. The summed E-state index contributed by atoms with van der Waals surface area (Å²) >= 11 is 3.34. The average molecular weight is 358 g/mol. The lowest BCUT2D eigenvalue weighted by Gasteiger charge is -2.27. The molecule has 0 fully saturated rings. The summed E-state index contributed by atoms with van der Waals surface area (Å²) in [5.74, 6) is -0.483. The third-order valence-corrected chi connectivity index (χ3v) is 2.82. The molecular weight excluding hydrogens is 338 g/mol. The normalized spacial score (nSPS) is 10.9. The number of carbonyl (C=O) groups is 2. The summed E-state index contributed by atoms with van der Waals surface area (Å²) in [6.07, 6.45) is -0.589. The van der Waals surface area contributed by atoms with E-state index in [9.17, 15) is 9.59 Å². The number of rotatable bonds is 4. The van der Waals surface area contributed by atoms with Crippen molar-refractivity contribution in [2.45, 2.75) is 33.3 Å². The third-order valence-electron chi connectivity index (χ3n) is 2.33. The number of ether oxygens (including phenoxy) is 2. The number of hydrogen-bond donors (Lipinski definition) is 0. The molecule has 0 heterocycles. The van der Waals surface area contributed by atoms with Crippen LogP contribution in [0.1, 0.15) is 27.7 Å². The molecule has 1 rings (SSSR count). The molecule has 1 aromatic carbocycles. The Balaban J connectivity index is 2.99. The smallest absolute Gasteiger partial charge is 0.415 e. The van der Waals surface area contributed by atoms with Crippen molar-refractivity contribution in [3.05, 3.63) is 28.7 Å². The van der Waals surface area contributed by atoms with Crippen LogP contribution in [0.5, 0.6) is 0 Å². The molecule has 0 unspecified atom stereocenters. The van der Waals surface area contributed by atoms with Crippen LogP contribution >= 0.6 is 15.9 Å². The average Bonchev–Trinajstić information content (AvgIpc) is 2.34. The molecule has 1 amide bonds. The molecule has 6 heteroatoms. The molecule has 0 spiro atoms. The fraction of sp³-hybridized carbons (Fsp3) is 0.467. The van der Waals surface area contributed by atoms with Crippen LogP contribution in [0.2, 0.25) is 0 Å². The van der Waals surface area contributed by atoms with Gasteiger partial charge in [0.05, 0.1) is 6.61 Å². The second kappa shape index (κ2) is 7.45. The first kappa shape index (κ1) is 17.5. The number of esters is 1. The van der Waals surface area contributed by atoms with Crippen molar-refractivity contribution in [3.63, 3.8) is 0 Å². The van der Waals surface area contributed by atoms with Gasteiger partial charge in [-0.3, -0.25) is 9.69 Å². The van der Waals surface area contributed by atoms with Crippen LogP contribution in [-0.2, 0) is 14.3 Å². The van der Waals surface area contributed by atoms with Crippen molar-refractivity contribution in [2.75, 3.05) is 18.1 Å². The van der Waals surface area contributed by atoms with Crippen LogP contribution in [0.25, 0.3) is 0 Å². The minimum atomic E-state index is -0.643. The zero-order valence-corrected chi connectivity index (χ0v) is 14.3. The van der Waals surface area contributed by atoms with E-state index in [-0.39, 0.29) is 13.2 Å². The molecule has 0 radical (unpaired) electrons. The van der Waals surface area contributed by atoms with Gasteiger partial charge in [-0.05, 0) is 45.9 Å². The standard InChI is InChI=1S/C15H20BrNO4/c1-5-20-13(18)10-17(14(19)21-15(2,3)4)12-8-6-7-11(16)9-12/h6-9H,5,10H2,1-4H3. The molecule has 0 aliphatic carbocycles. The van der Waals surface area contributed by atoms with E-state index < -0.39 is 17.7 Å². The monoisotopic (exact) mass is 357 g/mol. The molecule has 116 valence electrons. The van der Waals surface area contributed by atoms with Gasteiger partial charge in [0.15, 0.2) is 0 Å². The second-order valence-corrected chi connectivity index (χ2v) is 6.27. The maximum absolute atomic E-state index is 12.3. The first-order chi connectivity index (χ1) is 9.73.